The van der Waals surface area contributed by atoms with Crippen molar-refractivity contribution in [1.82, 2.24) is 0 Å². The van der Waals surface area contributed by atoms with Crippen molar-refractivity contribution in [2.24, 2.45) is 0 Å². The van der Waals surface area contributed by atoms with E-state index in [1.165, 1.54) is 24.0 Å². The number of hydrogen-bond donors (Lipinski definition) is 0. The van der Waals surface area contributed by atoms with Gasteiger partial charge in [-0.25, -0.2) is 0 Å². The van der Waals surface area contributed by atoms with Crippen LogP contribution in [0.5, 0.6) is 5.75 Å². The van der Waals surface area contributed by atoms with Gasteiger partial charge in [-0.2, -0.15) is 0 Å². The molecule has 0 bridgehead atoms. The van der Waals surface area contributed by atoms with Gasteiger partial charge in [-0.1, -0.05) is 50.1 Å². The van der Waals surface area contributed by atoms with Gasteiger partial charge in [-0.15, -0.1) is 0 Å². The first-order valence-corrected chi connectivity index (χ1v) is 8.24. The number of allylic oxidation sites excluding steroid dienone is 3. The molecule has 0 saturated heterocycles. The van der Waals surface area contributed by atoms with Gasteiger partial charge in [0.1, 0.15) is 12.4 Å². The summed E-state index contributed by atoms with van der Waals surface area (Å²) in [4.78, 5) is 0. The molecule has 0 radical (unpaired) electrons. The summed E-state index contributed by atoms with van der Waals surface area (Å²) in [7, 11) is 0. The zero-order valence-electron chi connectivity index (χ0n) is 14.1. The van der Waals surface area contributed by atoms with Crippen LogP contribution in [0.25, 0.3) is 0 Å². The number of aryl methyl sites for hydroxylation is 1. The molecule has 0 fully saturated rings. The fourth-order valence-electron chi connectivity index (χ4n) is 2.25. The predicted molar refractivity (Wildman–Crippen MR) is 93.0 cm³/mol. The summed E-state index contributed by atoms with van der Waals surface area (Å²) < 4.78 is 5.75. The molecule has 0 unspecified atom stereocenters. The normalized spacial score (nSPS) is 11.3. The summed E-state index contributed by atoms with van der Waals surface area (Å²) >= 11 is 0. The van der Waals surface area contributed by atoms with Gasteiger partial charge in [0.25, 0.3) is 0 Å². The van der Waals surface area contributed by atoms with Gasteiger partial charge in [0.05, 0.1) is 0 Å². The van der Waals surface area contributed by atoms with Crippen LogP contribution >= 0.6 is 0 Å². The van der Waals surface area contributed by atoms with Crippen LogP contribution in [0.15, 0.2) is 47.6 Å². The molecule has 0 spiro atoms. The third-order valence-electron chi connectivity index (χ3n) is 3.89. The van der Waals surface area contributed by atoms with Crippen LogP contribution in [0, 0.1) is 0 Å². The lowest BCUT2D eigenvalue weighted by atomic mass is 10.1. The minimum Gasteiger partial charge on any atom is -0.490 e. The third-order valence-corrected chi connectivity index (χ3v) is 3.89. The Morgan fingerprint density at radius 1 is 1.00 bits per heavy atom. The van der Waals surface area contributed by atoms with Crippen molar-refractivity contribution in [1.29, 1.82) is 0 Å². The van der Waals surface area contributed by atoms with E-state index in [2.05, 4.69) is 64.1 Å². The van der Waals surface area contributed by atoms with Gasteiger partial charge < -0.3 is 4.74 Å². The van der Waals surface area contributed by atoms with Crippen molar-refractivity contribution in [3.63, 3.8) is 0 Å². The highest BCUT2D eigenvalue weighted by atomic mass is 16.5. The lowest BCUT2D eigenvalue weighted by Crippen LogP contribution is -1.95. The van der Waals surface area contributed by atoms with Gasteiger partial charge in [0, 0.05) is 0 Å². The van der Waals surface area contributed by atoms with Crippen LogP contribution < -0.4 is 4.74 Å². The molecular formula is C20H30O. The highest BCUT2D eigenvalue weighted by Crippen LogP contribution is 2.14. The Hall–Kier alpha value is -1.50. The molecule has 0 aliphatic carbocycles. The SMILES string of the molecule is CCC(=CCCC(C)=CCOc1ccc(CC)cc1)CC. The van der Waals surface area contributed by atoms with Crippen molar-refractivity contribution in [3.8, 4) is 5.75 Å². The molecule has 21 heavy (non-hydrogen) atoms. The van der Waals surface area contributed by atoms with E-state index in [4.69, 9.17) is 4.74 Å². The second-order valence-electron chi connectivity index (χ2n) is 5.47. The van der Waals surface area contributed by atoms with Crippen molar-refractivity contribution in [2.75, 3.05) is 6.61 Å². The molecule has 0 heterocycles. The van der Waals surface area contributed by atoms with Gasteiger partial charge in [-0.3, -0.25) is 0 Å². The lowest BCUT2D eigenvalue weighted by molar-refractivity contribution is 0.361. The quantitative estimate of drug-likeness (QED) is 0.498. The minimum absolute atomic E-state index is 0.662. The molecule has 1 rings (SSSR count). The molecule has 0 saturated carbocycles. The molecule has 0 N–H and O–H groups in total. The van der Waals surface area contributed by atoms with E-state index in [0.29, 0.717) is 6.61 Å². The fourth-order valence-corrected chi connectivity index (χ4v) is 2.25. The summed E-state index contributed by atoms with van der Waals surface area (Å²) in [5, 5.41) is 0. The summed E-state index contributed by atoms with van der Waals surface area (Å²) in [6.45, 7) is 9.48. The number of rotatable bonds is 9. The third kappa shape index (κ3) is 7.17. The van der Waals surface area contributed by atoms with Crippen molar-refractivity contribution >= 4 is 0 Å². The van der Waals surface area contributed by atoms with Gasteiger partial charge in [0.2, 0.25) is 0 Å². The maximum Gasteiger partial charge on any atom is 0.119 e. The van der Waals surface area contributed by atoms with E-state index in [1.807, 2.05) is 0 Å². The van der Waals surface area contributed by atoms with E-state index < -0.39 is 0 Å². The first-order chi connectivity index (χ1) is 10.2. The molecule has 1 nitrogen and oxygen atoms in total. The Bertz CT molecular complexity index is 445. The van der Waals surface area contributed by atoms with Crippen LogP contribution in [-0.2, 0) is 6.42 Å². The Kier molecular flexibility index (Phi) is 8.57. The average molecular weight is 286 g/mol. The van der Waals surface area contributed by atoms with Gasteiger partial charge in [0.15, 0.2) is 0 Å². The predicted octanol–water partition coefficient (Wildman–Crippen LogP) is 6.10. The summed E-state index contributed by atoms with van der Waals surface area (Å²) in [6.07, 6.45) is 10.3. The average Bonchev–Trinajstić information content (AvgIpc) is 2.52. The Morgan fingerprint density at radius 2 is 1.67 bits per heavy atom. The second kappa shape index (κ2) is 10.3. The molecule has 0 aliphatic rings. The maximum absolute atomic E-state index is 5.75. The Morgan fingerprint density at radius 3 is 2.24 bits per heavy atom. The number of ether oxygens (including phenoxy) is 1. The van der Waals surface area contributed by atoms with E-state index in [9.17, 15) is 0 Å². The Balaban J connectivity index is 2.33. The smallest absolute Gasteiger partial charge is 0.119 e. The van der Waals surface area contributed by atoms with E-state index in [1.54, 1.807) is 5.57 Å². The van der Waals surface area contributed by atoms with Crippen LogP contribution in [-0.4, -0.2) is 6.61 Å². The van der Waals surface area contributed by atoms with E-state index >= 15 is 0 Å². The first-order valence-electron chi connectivity index (χ1n) is 8.24. The fraction of sp³-hybridized carbons (Fsp3) is 0.500. The van der Waals surface area contributed by atoms with E-state index in [-0.39, 0.29) is 0 Å². The summed E-state index contributed by atoms with van der Waals surface area (Å²) in [6, 6.07) is 8.38. The molecule has 0 amide bonds. The monoisotopic (exact) mass is 286 g/mol. The molecule has 0 aromatic heterocycles. The standard InChI is InChI=1S/C20H30O/c1-5-18(6-2)10-8-9-17(4)15-16-21-20-13-11-19(7-3)12-14-20/h10-15H,5-9,16H2,1-4H3. The van der Waals surface area contributed by atoms with E-state index in [0.717, 1.165) is 25.0 Å². The molecule has 1 aromatic carbocycles. The highest BCUT2D eigenvalue weighted by molar-refractivity contribution is 5.27. The molecule has 0 atom stereocenters. The van der Waals surface area contributed by atoms with Crippen LogP contribution in [0.1, 0.15) is 58.9 Å². The largest absolute Gasteiger partial charge is 0.490 e. The molecule has 116 valence electrons. The zero-order chi connectivity index (χ0) is 15.5. The molecular weight excluding hydrogens is 256 g/mol. The molecule has 1 aromatic rings. The zero-order valence-corrected chi connectivity index (χ0v) is 14.1. The van der Waals surface area contributed by atoms with Crippen molar-refractivity contribution in [2.45, 2.75) is 59.8 Å². The maximum atomic E-state index is 5.75. The summed E-state index contributed by atoms with van der Waals surface area (Å²) in [5.74, 6) is 0.954. The highest BCUT2D eigenvalue weighted by Gasteiger charge is 1.95. The lowest BCUT2D eigenvalue weighted by Gasteiger charge is -2.05. The molecule has 1 heteroatoms. The molecule has 0 aliphatic heterocycles. The number of benzene rings is 1. The topological polar surface area (TPSA) is 9.23 Å². The number of hydrogen-bond acceptors (Lipinski definition) is 1. The van der Waals surface area contributed by atoms with Gasteiger partial charge >= 0.3 is 0 Å². The Labute approximate surface area is 130 Å². The van der Waals surface area contributed by atoms with Gasteiger partial charge in [-0.05, 0) is 62.8 Å². The second-order valence-corrected chi connectivity index (χ2v) is 5.47. The minimum atomic E-state index is 0.662. The van der Waals surface area contributed by atoms with Crippen molar-refractivity contribution < 1.29 is 4.74 Å². The van der Waals surface area contributed by atoms with Crippen molar-refractivity contribution in [3.05, 3.63) is 53.1 Å². The van der Waals surface area contributed by atoms with Crippen LogP contribution in [0.2, 0.25) is 0 Å². The van der Waals surface area contributed by atoms with Crippen LogP contribution in [0.4, 0.5) is 0 Å². The van der Waals surface area contributed by atoms with Crippen LogP contribution in [0.3, 0.4) is 0 Å². The summed E-state index contributed by atoms with van der Waals surface area (Å²) in [5.41, 5.74) is 4.32. The first kappa shape index (κ1) is 17.6.